The maximum atomic E-state index is 8.68. The van der Waals surface area contributed by atoms with Gasteiger partial charge in [0, 0.05) is 64.8 Å². The van der Waals surface area contributed by atoms with Crippen LogP contribution in [0.5, 0.6) is 0 Å². The number of hydrogen-bond donors (Lipinski definition) is 2. The predicted octanol–water partition coefficient (Wildman–Crippen LogP) is 10.3. The Morgan fingerprint density at radius 2 is 1.00 bits per heavy atom. The highest BCUT2D eigenvalue weighted by Crippen LogP contribution is 2.29. The number of morpholine rings is 2. The van der Waals surface area contributed by atoms with Crippen molar-refractivity contribution in [3.63, 3.8) is 0 Å². The van der Waals surface area contributed by atoms with E-state index in [0.717, 1.165) is 73.1 Å². The van der Waals surface area contributed by atoms with E-state index in [4.69, 9.17) is 42.7 Å². The summed E-state index contributed by atoms with van der Waals surface area (Å²) in [6, 6.07) is 52.8. The first-order chi connectivity index (χ1) is 27.3. The van der Waals surface area contributed by atoms with Crippen LogP contribution in [0.25, 0.3) is 11.1 Å². The van der Waals surface area contributed by atoms with E-state index in [1.807, 2.05) is 30.3 Å². The number of ether oxygens (including phenoxy) is 2. The average molecular weight is 869 g/mol. The molecule has 6 aromatic carbocycles. The predicted molar refractivity (Wildman–Crippen MR) is 240 cm³/mol. The quantitative estimate of drug-likeness (QED) is 0.149. The molecule has 6 nitrogen and oxygen atoms in total. The van der Waals surface area contributed by atoms with Crippen molar-refractivity contribution in [2.75, 3.05) is 39.4 Å². The van der Waals surface area contributed by atoms with Gasteiger partial charge in [-0.05, 0) is 52.1 Å². The molecule has 0 radical (unpaired) electrons. The van der Waals surface area contributed by atoms with Crippen LogP contribution in [0.1, 0.15) is 41.9 Å². The van der Waals surface area contributed by atoms with Crippen LogP contribution in [0.4, 0.5) is 0 Å². The van der Waals surface area contributed by atoms with Crippen molar-refractivity contribution in [3.8, 4) is 11.1 Å². The molecule has 296 valence electrons. The smallest absolute Gasteiger partial charge is 0.423 e. The van der Waals surface area contributed by atoms with Gasteiger partial charge in [-0.25, -0.2) is 0 Å². The van der Waals surface area contributed by atoms with Crippen molar-refractivity contribution in [1.29, 1.82) is 0 Å². The molecule has 0 saturated carbocycles. The Bertz CT molecular complexity index is 2060. The van der Waals surface area contributed by atoms with Crippen LogP contribution in [0, 0.1) is 0 Å². The summed E-state index contributed by atoms with van der Waals surface area (Å²) in [7, 11) is -1.48. The van der Waals surface area contributed by atoms with E-state index in [1.165, 1.54) is 22.3 Å². The lowest BCUT2D eigenvalue weighted by Crippen LogP contribution is -2.37. The van der Waals surface area contributed by atoms with Gasteiger partial charge < -0.3 is 19.5 Å². The van der Waals surface area contributed by atoms with E-state index < -0.39 is 7.12 Å². The summed E-state index contributed by atoms with van der Waals surface area (Å²) in [6.07, 6.45) is 0.354. The molecule has 0 amide bonds. The lowest BCUT2D eigenvalue weighted by molar-refractivity contribution is -0.0330. The van der Waals surface area contributed by atoms with Gasteiger partial charge in [0.15, 0.2) is 0 Å². The van der Waals surface area contributed by atoms with Crippen LogP contribution in [0.2, 0.25) is 10.0 Å². The molecule has 2 heterocycles. The van der Waals surface area contributed by atoms with Crippen molar-refractivity contribution in [3.05, 3.63) is 194 Å². The molecule has 10 heteroatoms. The Morgan fingerprint density at radius 1 is 0.561 bits per heavy atom. The highest BCUT2D eigenvalue weighted by atomic mass is 79.9. The lowest BCUT2D eigenvalue weighted by Gasteiger charge is -2.33. The first-order valence-corrected chi connectivity index (χ1v) is 20.3. The van der Waals surface area contributed by atoms with E-state index in [1.54, 1.807) is 24.3 Å². The second-order valence-electron chi connectivity index (χ2n) is 13.7. The average Bonchev–Trinajstić information content (AvgIpc) is 3.24. The van der Waals surface area contributed by atoms with Gasteiger partial charge in [0.1, 0.15) is 0 Å². The van der Waals surface area contributed by atoms with Gasteiger partial charge in [-0.3, -0.25) is 9.80 Å². The lowest BCUT2D eigenvalue weighted by atomic mass is 9.80. The first kappa shape index (κ1) is 44.3. The maximum Gasteiger partial charge on any atom is 0.489 e. The van der Waals surface area contributed by atoms with Gasteiger partial charge in [-0.1, -0.05) is 180 Å². The zero-order valence-corrected chi connectivity index (χ0v) is 34.2. The second-order valence-corrected chi connectivity index (χ2v) is 15.4. The Kier molecular flexibility index (Phi) is 17.9. The molecule has 0 aromatic heterocycles. The molecule has 2 fully saturated rings. The monoisotopic (exact) mass is 866 g/mol. The molecule has 2 aliphatic rings. The summed E-state index contributed by atoms with van der Waals surface area (Å²) < 4.78 is 13.0. The normalized spacial score (nSPS) is 16.9. The van der Waals surface area contributed by atoms with E-state index >= 15 is 0 Å². The van der Waals surface area contributed by atoms with Gasteiger partial charge in [-0.15, -0.1) is 0 Å². The summed E-state index contributed by atoms with van der Waals surface area (Å²) in [5.74, 6) is 0. The van der Waals surface area contributed by atoms with Crippen LogP contribution in [-0.2, 0) is 22.6 Å². The molecule has 57 heavy (non-hydrogen) atoms. The summed E-state index contributed by atoms with van der Waals surface area (Å²) >= 11 is 15.4. The molecule has 0 spiro atoms. The Labute approximate surface area is 356 Å². The van der Waals surface area contributed by atoms with Crippen molar-refractivity contribution >= 4 is 51.7 Å². The molecule has 8 rings (SSSR count). The van der Waals surface area contributed by atoms with E-state index in [-0.39, 0.29) is 19.6 Å². The van der Waals surface area contributed by atoms with Gasteiger partial charge in [0.25, 0.3) is 0 Å². The number of hydrogen-bond acceptors (Lipinski definition) is 6. The molecule has 6 aromatic rings. The van der Waals surface area contributed by atoms with E-state index in [9.17, 15) is 0 Å². The molecule has 0 bridgehead atoms. The first-order valence-electron chi connectivity index (χ1n) is 18.8. The molecule has 2 saturated heterocycles. The minimum Gasteiger partial charge on any atom is -0.423 e. The topological polar surface area (TPSA) is 65.4 Å². The number of halogens is 3. The van der Waals surface area contributed by atoms with E-state index in [2.05, 4.69) is 129 Å². The fourth-order valence-corrected chi connectivity index (χ4v) is 7.45. The summed E-state index contributed by atoms with van der Waals surface area (Å²) in [5, 5.41) is 18.5. The van der Waals surface area contributed by atoms with E-state index in [0.29, 0.717) is 10.5 Å². The van der Waals surface area contributed by atoms with Crippen LogP contribution in [0.3, 0.4) is 0 Å². The Morgan fingerprint density at radius 3 is 1.46 bits per heavy atom. The number of nitrogens with zero attached hydrogens (tertiary/aromatic N) is 2. The summed E-state index contributed by atoms with van der Waals surface area (Å²) in [5.41, 5.74) is 7.76. The van der Waals surface area contributed by atoms with Crippen molar-refractivity contribution in [1.82, 2.24) is 9.80 Å². The second kappa shape index (κ2) is 23.0. The SMILES string of the molecule is Brc1ccc(CN2CCO[C@@H](c3ccccc3)C2)cc1.C.Clc1ccccc1-c1ccc(CN2CCO[C@@H](c3ccccc3)C2)cc1.OB(O)c1ccccc1Cl. The van der Waals surface area contributed by atoms with Gasteiger partial charge in [0.2, 0.25) is 0 Å². The Balaban J connectivity index is 0.000000177. The van der Waals surface area contributed by atoms with Gasteiger partial charge in [0.05, 0.1) is 25.4 Å². The van der Waals surface area contributed by atoms with Crippen molar-refractivity contribution in [2.24, 2.45) is 0 Å². The number of rotatable bonds is 8. The third kappa shape index (κ3) is 13.6. The maximum absolute atomic E-state index is 8.68. The Hall–Kier alpha value is -3.80. The van der Waals surface area contributed by atoms with Crippen molar-refractivity contribution in [2.45, 2.75) is 32.7 Å². The highest BCUT2D eigenvalue weighted by molar-refractivity contribution is 9.10. The molecule has 2 aliphatic heterocycles. The molecule has 2 atom stereocenters. The van der Waals surface area contributed by atoms with Gasteiger partial charge >= 0.3 is 7.12 Å². The molecule has 0 aliphatic carbocycles. The van der Waals surface area contributed by atoms with Crippen LogP contribution < -0.4 is 5.46 Å². The molecule has 2 N–H and O–H groups in total. The molecular weight excluding hydrogens is 818 g/mol. The largest absolute Gasteiger partial charge is 0.489 e. The molecular formula is C47H50BBrCl2N2O4. The summed E-state index contributed by atoms with van der Waals surface area (Å²) in [6.45, 7) is 7.36. The fraction of sp³-hybridized carbons (Fsp3) is 0.234. The van der Waals surface area contributed by atoms with Crippen LogP contribution in [-0.4, -0.2) is 66.4 Å². The zero-order valence-electron chi connectivity index (χ0n) is 31.1. The van der Waals surface area contributed by atoms with Crippen LogP contribution in [0.15, 0.2) is 162 Å². The van der Waals surface area contributed by atoms with Crippen LogP contribution >= 0.6 is 39.1 Å². The highest BCUT2D eigenvalue weighted by Gasteiger charge is 2.23. The zero-order chi connectivity index (χ0) is 39.1. The fourth-order valence-electron chi connectivity index (χ4n) is 6.71. The van der Waals surface area contributed by atoms with Gasteiger partial charge in [-0.2, -0.15) is 0 Å². The third-order valence-corrected chi connectivity index (χ3v) is 10.9. The third-order valence-electron chi connectivity index (χ3n) is 9.69. The standard InChI is InChI=1S/C23H22ClNO.C17H18BrNO.C6H6BClO2.CH4/c24-22-9-5-4-8-21(22)19-12-10-18(11-13-19)16-25-14-15-26-23(17-25)20-6-2-1-3-7-20;18-16-8-6-14(7-9-16)12-19-10-11-20-17(13-19)15-4-2-1-3-5-15;8-6-4-2-1-3-5(6)7(9)10;/h1-13,23H,14-17H2;1-9,17H,10-13H2;1-4,9-10H;1H4/t23-;17-;;/m11../s1. The summed E-state index contributed by atoms with van der Waals surface area (Å²) in [4.78, 5) is 4.93. The molecule has 0 unspecified atom stereocenters. The minimum atomic E-state index is -1.48. The minimum absolute atomic E-state index is 0. The number of benzene rings is 6. The van der Waals surface area contributed by atoms with Crippen molar-refractivity contribution < 1.29 is 19.5 Å².